The summed E-state index contributed by atoms with van der Waals surface area (Å²) < 4.78 is 25.4. The highest BCUT2D eigenvalue weighted by molar-refractivity contribution is 9.10. The quantitative estimate of drug-likeness (QED) is 0.903. The predicted molar refractivity (Wildman–Crippen MR) is 55.0 cm³/mol. The van der Waals surface area contributed by atoms with E-state index < -0.39 is 10.0 Å². The molecule has 0 amide bonds. The molecule has 0 radical (unpaired) electrons. The standard InChI is InChI=1S/C7H9BrN2O2S/c1-2-13(11,12)10-7-5-6(8)3-4-9-7/h3-5H,2H2,1H3,(H,9,10). The lowest BCUT2D eigenvalue weighted by Crippen LogP contribution is -2.15. The smallest absolute Gasteiger partial charge is 0.233 e. The predicted octanol–water partition coefficient (Wildman–Crippen LogP) is 1.61. The number of nitrogens with one attached hydrogen (secondary N) is 1. The summed E-state index contributed by atoms with van der Waals surface area (Å²) in [5, 5.41) is 0. The molecule has 1 N–H and O–H groups in total. The number of pyridine rings is 1. The van der Waals surface area contributed by atoms with Gasteiger partial charge in [-0.3, -0.25) is 4.72 Å². The second-order valence-corrected chi connectivity index (χ2v) is 5.29. The zero-order chi connectivity index (χ0) is 9.90. The number of aromatic nitrogens is 1. The van der Waals surface area contributed by atoms with E-state index in [1.807, 2.05) is 0 Å². The molecule has 1 rings (SSSR count). The lowest BCUT2D eigenvalue weighted by molar-refractivity contribution is 0.602. The first-order valence-electron chi connectivity index (χ1n) is 3.65. The first-order valence-corrected chi connectivity index (χ1v) is 6.10. The summed E-state index contributed by atoms with van der Waals surface area (Å²) in [5.41, 5.74) is 0. The first kappa shape index (κ1) is 10.5. The van der Waals surface area contributed by atoms with Crippen molar-refractivity contribution in [3.8, 4) is 0 Å². The van der Waals surface area contributed by atoms with Crippen molar-refractivity contribution in [2.45, 2.75) is 6.92 Å². The van der Waals surface area contributed by atoms with Gasteiger partial charge in [-0.15, -0.1) is 0 Å². The molecule has 1 aromatic rings. The number of hydrogen-bond donors (Lipinski definition) is 1. The second-order valence-electron chi connectivity index (χ2n) is 2.36. The van der Waals surface area contributed by atoms with Gasteiger partial charge in [-0.2, -0.15) is 0 Å². The lowest BCUT2D eigenvalue weighted by Gasteiger charge is -2.04. The van der Waals surface area contributed by atoms with Gasteiger partial charge in [0.25, 0.3) is 0 Å². The van der Waals surface area contributed by atoms with Gasteiger partial charge in [0.1, 0.15) is 5.82 Å². The normalized spacial score (nSPS) is 11.2. The molecule has 1 aromatic heterocycles. The van der Waals surface area contributed by atoms with Crippen LogP contribution in [-0.2, 0) is 10.0 Å². The number of sulfonamides is 1. The Morgan fingerprint density at radius 1 is 1.62 bits per heavy atom. The van der Waals surface area contributed by atoms with Crippen LogP contribution in [0.3, 0.4) is 0 Å². The molecule has 0 spiro atoms. The highest BCUT2D eigenvalue weighted by Gasteiger charge is 2.06. The molecule has 0 unspecified atom stereocenters. The molecule has 0 aromatic carbocycles. The molecule has 13 heavy (non-hydrogen) atoms. The fraction of sp³-hybridized carbons (Fsp3) is 0.286. The molecule has 0 saturated heterocycles. The monoisotopic (exact) mass is 264 g/mol. The van der Waals surface area contributed by atoms with Crippen molar-refractivity contribution in [2.24, 2.45) is 0 Å². The van der Waals surface area contributed by atoms with Crippen molar-refractivity contribution in [2.75, 3.05) is 10.5 Å². The van der Waals surface area contributed by atoms with E-state index in [9.17, 15) is 8.42 Å². The summed E-state index contributed by atoms with van der Waals surface area (Å²) in [5.74, 6) is 0.373. The van der Waals surface area contributed by atoms with Crippen molar-refractivity contribution in [3.05, 3.63) is 22.8 Å². The SMILES string of the molecule is CCS(=O)(=O)Nc1cc(Br)ccn1. The third kappa shape index (κ3) is 3.31. The van der Waals surface area contributed by atoms with Gasteiger partial charge < -0.3 is 0 Å². The van der Waals surface area contributed by atoms with E-state index in [2.05, 4.69) is 25.6 Å². The largest absolute Gasteiger partial charge is 0.267 e. The summed E-state index contributed by atoms with van der Waals surface area (Å²) >= 11 is 3.22. The maximum atomic E-state index is 11.1. The van der Waals surface area contributed by atoms with Gasteiger partial charge in [0.2, 0.25) is 10.0 Å². The van der Waals surface area contributed by atoms with Crippen LogP contribution in [0.5, 0.6) is 0 Å². The van der Waals surface area contributed by atoms with E-state index in [0.717, 1.165) is 4.47 Å². The summed E-state index contributed by atoms with van der Waals surface area (Å²) in [4.78, 5) is 3.85. The van der Waals surface area contributed by atoms with Gasteiger partial charge in [0.05, 0.1) is 5.75 Å². The number of nitrogens with zero attached hydrogens (tertiary/aromatic N) is 1. The van der Waals surface area contributed by atoms with Crippen LogP contribution in [0, 0.1) is 0 Å². The van der Waals surface area contributed by atoms with Crippen LogP contribution in [0.25, 0.3) is 0 Å². The van der Waals surface area contributed by atoms with Crippen LogP contribution >= 0.6 is 15.9 Å². The van der Waals surface area contributed by atoms with Gasteiger partial charge in [0, 0.05) is 10.7 Å². The Morgan fingerprint density at radius 2 is 2.31 bits per heavy atom. The highest BCUT2D eigenvalue weighted by atomic mass is 79.9. The third-order valence-corrected chi connectivity index (χ3v) is 3.14. The molecular formula is C7H9BrN2O2S. The summed E-state index contributed by atoms with van der Waals surface area (Å²) in [7, 11) is -3.22. The van der Waals surface area contributed by atoms with E-state index in [4.69, 9.17) is 0 Å². The van der Waals surface area contributed by atoms with Crippen molar-refractivity contribution >= 4 is 31.8 Å². The summed E-state index contributed by atoms with van der Waals surface area (Å²) in [6, 6.07) is 3.33. The zero-order valence-electron chi connectivity index (χ0n) is 6.99. The Kier molecular flexibility index (Phi) is 3.27. The minimum absolute atomic E-state index is 0.0429. The van der Waals surface area contributed by atoms with Crippen molar-refractivity contribution in [3.63, 3.8) is 0 Å². The van der Waals surface area contributed by atoms with E-state index >= 15 is 0 Å². The van der Waals surface area contributed by atoms with Gasteiger partial charge >= 0.3 is 0 Å². The minimum Gasteiger partial charge on any atom is -0.267 e. The maximum Gasteiger partial charge on any atom is 0.233 e. The molecule has 0 aliphatic heterocycles. The Labute approximate surface area is 85.6 Å². The van der Waals surface area contributed by atoms with Gasteiger partial charge in [-0.05, 0) is 19.1 Å². The van der Waals surface area contributed by atoms with Crippen LogP contribution in [0.4, 0.5) is 5.82 Å². The number of hydrogen-bond acceptors (Lipinski definition) is 3. The van der Waals surface area contributed by atoms with Gasteiger partial charge in [-0.25, -0.2) is 13.4 Å². The molecule has 6 heteroatoms. The summed E-state index contributed by atoms with van der Waals surface area (Å²) in [6.45, 7) is 1.57. The molecule has 0 aliphatic rings. The maximum absolute atomic E-state index is 11.1. The highest BCUT2D eigenvalue weighted by Crippen LogP contribution is 2.13. The molecule has 1 heterocycles. The Hall–Kier alpha value is -0.620. The molecule has 0 bridgehead atoms. The Morgan fingerprint density at radius 3 is 2.85 bits per heavy atom. The lowest BCUT2D eigenvalue weighted by atomic mass is 10.5. The van der Waals surface area contributed by atoms with E-state index in [0.29, 0.717) is 5.82 Å². The molecular weight excluding hydrogens is 256 g/mol. The number of rotatable bonds is 3. The number of halogens is 1. The van der Waals surface area contributed by atoms with Crippen molar-refractivity contribution in [1.29, 1.82) is 0 Å². The first-order chi connectivity index (χ1) is 6.03. The topological polar surface area (TPSA) is 59.1 Å². The van der Waals surface area contributed by atoms with Crippen LogP contribution in [0.2, 0.25) is 0 Å². The van der Waals surface area contributed by atoms with Crippen LogP contribution < -0.4 is 4.72 Å². The minimum atomic E-state index is -3.22. The molecule has 0 atom stereocenters. The average Bonchev–Trinajstić information content (AvgIpc) is 2.03. The van der Waals surface area contributed by atoms with Crippen LogP contribution in [-0.4, -0.2) is 19.2 Å². The van der Waals surface area contributed by atoms with Crippen LogP contribution in [0.1, 0.15) is 6.92 Å². The average molecular weight is 265 g/mol. The van der Waals surface area contributed by atoms with Gasteiger partial charge in [0.15, 0.2) is 0 Å². The van der Waals surface area contributed by atoms with Gasteiger partial charge in [-0.1, -0.05) is 15.9 Å². The zero-order valence-corrected chi connectivity index (χ0v) is 9.39. The molecule has 72 valence electrons. The number of anilines is 1. The Bertz CT molecular complexity index is 391. The van der Waals surface area contributed by atoms with Crippen molar-refractivity contribution < 1.29 is 8.42 Å². The third-order valence-electron chi connectivity index (χ3n) is 1.36. The molecule has 4 nitrogen and oxygen atoms in total. The summed E-state index contributed by atoms with van der Waals surface area (Å²) in [6.07, 6.45) is 1.53. The van der Waals surface area contributed by atoms with E-state index in [1.165, 1.54) is 6.20 Å². The Balaban J connectivity index is 2.87. The molecule has 0 fully saturated rings. The fourth-order valence-electron chi connectivity index (χ4n) is 0.692. The van der Waals surface area contributed by atoms with E-state index in [-0.39, 0.29) is 5.75 Å². The van der Waals surface area contributed by atoms with Crippen LogP contribution in [0.15, 0.2) is 22.8 Å². The fourth-order valence-corrected chi connectivity index (χ4v) is 1.60. The molecule has 0 aliphatic carbocycles. The van der Waals surface area contributed by atoms with Crippen molar-refractivity contribution in [1.82, 2.24) is 4.98 Å². The second kappa shape index (κ2) is 4.06. The molecule has 0 saturated carbocycles. The van der Waals surface area contributed by atoms with E-state index in [1.54, 1.807) is 19.1 Å².